The molecule has 6 atom stereocenters. The van der Waals surface area contributed by atoms with E-state index in [1.165, 1.54) is 43.1 Å². The number of halogens is 9. The van der Waals surface area contributed by atoms with Crippen LogP contribution in [0.5, 0.6) is 0 Å². The minimum Gasteiger partial charge on any atom is -0.399 e. The van der Waals surface area contributed by atoms with Crippen LogP contribution < -0.4 is 49.2 Å². The number of benzene rings is 7. The number of nitrogens with zero attached hydrogens (tertiary/aromatic N) is 12. The fourth-order valence-electron chi connectivity index (χ4n) is 11.7. The number of amides is 3. The highest BCUT2D eigenvalue weighted by Crippen LogP contribution is 2.37. The predicted octanol–water partition coefficient (Wildman–Crippen LogP) is 16.0. The number of rotatable bonds is 18. The lowest BCUT2D eigenvalue weighted by molar-refractivity contribution is 0.00578. The van der Waals surface area contributed by atoms with E-state index in [1.54, 1.807) is 26.1 Å². The lowest BCUT2D eigenvalue weighted by Gasteiger charge is -2.32. The van der Waals surface area contributed by atoms with Crippen molar-refractivity contribution in [1.29, 1.82) is 15.8 Å². The molecule has 0 bridgehead atoms. The van der Waals surface area contributed by atoms with E-state index >= 15 is 0 Å². The smallest absolute Gasteiger partial charge is 0.399 e. The first-order valence-corrected chi connectivity index (χ1v) is 38.9. The molecule has 14 rings (SSSR count). The average Bonchev–Trinajstić information content (AvgIpc) is 1.62. The average molecular weight is 1790 g/mol. The van der Waals surface area contributed by atoms with Gasteiger partial charge in [-0.1, -0.05) is 111 Å². The molecule has 27 nitrogen and oxygen atoms in total. The molecule has 0 spiro atoms. The summed E-state index contributed by atoms with van der Waals surface area (Å²) in [6.45, 7) is 18.5. The van der Waals surface area contributed by atoms with Gasteiger partial charge in [0.2, 0.25) is 5.95 Å². The van der Waals surface area contributed by atoms with Gasteiger partial charge in [0.25, 0.3) is 17.7 Å². The normalized spacial score (nSPS) is 13.7. The number of pyridine rings is 1. The molecule has 0 aliphatic carbocycles. The van der Waals surface area contributed by atoms with E-state index in [2.05, 4.69) is 114 Å². The van der Waals surface area contributed by atoms with E-state index in [-0.39, 0.29) is 63.8 Å². The second kappa shape index (κ2) is 40.0. The van der Waals surface area contributed by atoms with Crippen LogP contribution in [0.25, 0.3) is 33.1 Å². The van der Waals surface area contributed by atoms with Crippen LogP contribution in [-0.4, -0.2) is 91.3 Å². The lowest BCUT2D eigenvalue weighted by Crippen LogP contribution is -2.41. The Kier molecular flexibility index (Phi) is 29.7. The summed E-state index contributed by atoms with van der Waals surface area (Å²) < 4.78 is 108. The molecule has 37 heteroatoms. The molecule has 624 valence electrons. The zero-order valence-electron chi connectivity index (χ0n) is 66.8. The molecule has 13 N–H and O–H groups in total. The third-order valence-corrected chi connectivity index (χ3v) is 20.5. The summed E-state index contributed by atoms with van der Waals surface area (Å²) >= 11 is 6.71. The predicted molar refractivity (Wildman–Crippen MR) is 452 cm³/mol. The van der Waals surface area contributed by atoms with Crippen LogP contribution in [0, 0.1) is 74.8 Å². The van der Waals surface area contributed by atoms with Crippen molar-refractivity contribution in [3.8, 4) is 29.3 Å². The van der Waals surface area contributed by atoms with Gasteiger partial charge < -0.3 is 53.1 Å². The Hall–Kier alpha value is -13.6. The van der Waals surface area contributed by atoms with E-state index in [9.17, 15) is 55.6 Å². The molecule has 6 aromatic heterocycles. The third-order valence-electron chi connectivity index (χ3n) is 19.4. The Morgan fingerprint density at radius 3 is 1.30 bits per heavy atom. The Balaban J connectivity index is 0.000000175. The largest absolute Gasteiger partial charge is 0.494 e. The molecule has 0 radical (unpaired) electrons. The summed E-state index contributed by atoms with van der Waals surface area (Å²) in [4.78, 5) is 66.1. The van der Waals surface area contributed by atoms with Gasteiger partial charge in [-0.2, -0.15) is 30.4 Å². The highest BCUT2D eigenvalue weighted by molar-refractivity contribution is 9.10. The first kappa shape index (κ1) is 90.7. The Morgan fingerprint density at radius 2 is 0.861 bits per heavy atom. The first-order chi connectivity index (χ1) is 57.9. The molecule has 1 aliphatic heterocycles. The number of nitrogens with one attached hydrogen (secondary N) is 7. The fourth-order valence-corrected chi connectivity index (χ4v) is 12.3. The number of hydrogen-bond acceptors (Lipinski definition) is 22. The number of carbonyl (C=O) groups is 3. The molecule has 0 unspecified atom stereocenters. The van der Waals surface area contributed by atoms with Crippen molar-refractivity contribution in [3.05, 3.63) is 294 Å². The summed E-state index contributed by atoms with van der Waals surface area (Å²) in [7, 11) is -0.483. The number of fused-ring (bicyclic) bond motifs is 2. The van der Waals surface area contributed by atoms with Crippen LogP contribution in [0.3, 0.4) is 0 Å². The number of hydrogen-bond donors (Lipinski definition) is 10. The van der Waals surface area contributed by atoms with E-state index < -0.39 is 101 Å². The molecular formula is C85H78BBr2F7N22O5. The van der Waals surface area contributed by atoms with Crippen LogP contribution >= 0.6 is 31.9 Å². The number of anilines is 4. The van der Waals surface area contributed by atoms with Gasteiger partial charge in [0.1, 0.15) is 24.0 Å². The third kappa shape index (κ3) is 22.8. The summed E-state index contributed by atoms with van der Waals surface area (Å²) in [5.41, 5.74) is 23.3. The monoisotopic (exact) mass is 1790 g/mol. The molecule has 1 aliphatic rings. The Labute approximate surface area is 712 Å². The van der Waals surface area contributed by atoms with Gasteiger partial charge in [-0.3, -0.25) is 24.6 Å². The van der Waals surface area contributed by atoms with Crippen LogP contribution in [0.1, 0.15) is 187 Å². The zero-order valence-corrected chi connectivity index (χ0v) is 70.0. The number of aromatic amines is 2. The van der Waals surface area contributed by atoms with Gasteiger partial charge in [-0.15, -0.1) is 0 Å². The van der Waals surface area contributed by atoms with E-state index in [4.69, 9.17) is 31.8 Å². The molecule has 122 heavy (non-hydrogen) atoms. The second-order valence-electron chi connectivity index (χ2n) is 28.7. The molecule has 7 aromatic carbocycles. The minimum absolute atomic E-state index is 0.0365. The molecule has 1 fully saturated rings. The molecular weight excluding hydrogens is 1710 g/mol. The van der Waals surface area contributed by atoms with Gasteiger partial charge in [0, 0.05) is 32.1 Å². The maximum Gasteiger partial charge on any atom is 0.494 e. The summed E-state index contributed by atoms with van der Waals surface area (Å²) in [6, 6.07) is 44.0. The first-order valence-electron chi connectivity index (χ1n) is 37.3. The minimum atomic E-state index is -1.13. The number of carbonyl (C=O) groups excluding carboxylic acids is 3. The summed E-state index contributed by atoms with van der Waals surface area (Å²) in [5, 5.41) is 56.5. The summed E-state index contributed by atoms with van der Waals surface area (Å²) in [5.74, 6) is -8.04. The zero-order chi connectivity index (χ0) is 88.6. The highest BCUT2D eigenvalue weighted by atomic mass is 79.9. The fraction of sp³-hybridized carbons (Fsp3) is 0.212. The Bertz CT molecular complexity index is 6100. The number of nitrogens with two attached hydrogens (primary N) is 3. The van der Waals surface area contributed by atoms with Gasteiger partial charge in [-0.05, 0) is 186 Å². The van der Waals surface area contributed by atoms with Crippen LogP contribution in [0.15, 0.2) is 185 Å². The summed E-state index contributed by atoms with van der Waals surface area (Å²) in [6.07, 6.45) is 5.15. The van der Waals surface area contributed by atoms with E-state index in [0.717, 1.165) is 95.5 Å². The maximum absolute atomic E-state index is 13.7. The van der Waals surface area contributed by atoms with Crippen LogP contribution in [0.2, 0.25) is 0 Å². The van der Waals surface area contributed by atoms with Crippen molar-refractivity contribution in [2.24, 2.45) is 5.73 Å². The molecule has 1 saturated heterocycles. The molecule has 7 heterocycles. The van der Waals surface area contributed by atoms with Crippen molar-refractivity contribution in [2.45, 2.75) is 117 Å². The molecule has 3 amide bonds. The second-order valence-corrected chi connectivity index (χ2v) is 30.6. The van der Waals surface area contributed by atoms with Crippen molar-refractivity contribution in [3.63, 3.8) is 0 Å². The number of nitrogen functional groups attached to an aromatic ring is 2. The topological polar surface area (TPSA) is 427 Å². The Morgan fingerprint density at radius 1 is 0.451 bits per heavy atom. The number of nitriles is 3. The van der Waals surface area contributed by atoms with E-state index in [0.29, 0.717) is 28.4 Å². The SMILES string of the molecule is C[C@@H](N)c1ccc(Br)cc1.C[C@H](NC(=O)c1nc(C#N)cnc1F)c1ccc(F)c(F)c1.C[C@H](NC(=O)c1nc(C#N)cnc1N[C@H](C)c1ccc(-c2cnc3n[nH]c(N)c3c2)cc1)c1ccc(F)c(F)c1.C[C@H](NC(=O)c1nc(C#N)cnc1N[C@H](C)c1ccc(B2OC(C)(C)C(C)(C)O2)cc1)c1ccc(F)c(F)c1.Nc1n[nH]c2ccc(Br)cc12. The van der Waals surface area contributed by atoms with Crippen molar-refractivity contribution >= 4 is 107 Å². The van der Waals surface area contributed by atoms with Gasteiger partial charge >= 0.3 is 7.12 Å². The molecule has 13 aromatic rings. The van der Waals surface area contributed by atoms with Gasteiger partial charge in [0.15, 0.2) is 92.2 Å². The molecule has 0 saturated carbocycles. The van der Waals surface area contributed by atoms with Crippen molar-refractivity contribution in [1.82, 2.24) is 71.2 Å². The van der Waals surface area contributed by atoms with Gasteiger partial charge in [-0.25, -0.2) is 61.2 Å². The maximum atomic E-state index is 13.7. The van der Waals surface area contributed by atoms with Crippen LogP contribution in [0.4, 0.5) is 54.0 Å². The number of aromatic nitrogens is 11. The highest BCUT2D eigenvalue weighted by Gasteiger charge is 2.51. The van der Waals surface area contributed by atoms with E-state index in [1.807, 2.05) is 158 Å². The number of H-pyrrole nitrogens is 2. The van der Waals surface area contributed by atoms with Crippen molar-refractivity contribution < 1.29 is 54.4 Å². The van der Waals surface area contributed by atoms with Crippen LogP contribution in [-0.2, 0) is 9.31 Å². The quantitative estimate of drug-likeness (QED) is 0.0282. The lowest BCUT2D eigenvalue weighted by atomic mass is 9.78. The standard InChI is InChI=1S/C28H30BF2N5O3.C28H23F2N9O.C14H9F3N4O.C8H10BrN.C7H6BrN3/c1-16(18-7-10-20(11-8-18)29-38-27(3,4)28(5,6)39-29)34-25-24(36-21(14-32)15-33-25)26(37)35-17(2)19-9-12-22(30)23(31)13-19;1-14(16-3-5-17(6-4-16)19-9-21-25(32)38-39-26(21)33-12-19)35-27-24(37-20(11-31)13-34-27)28(40)36-15(2)18-7-8-22(29)23(30)10-18;1-7(8-2-3-10(15)11(16)4-8)20-14(22)12-13(17)19-6-9(5-18)21-12;1-6(10)7-2-4-8(9)5-3-7;8-4-1-2-6-5(3-4)7(9)11-10-6/h7-13,15-17H,1-6H3,(H,33,34)(H,35,37);3-10,12-15H,1-2H3,(H,34,35)(H,36,40)(H3,32,33,38,39);2-4,6-7H,1H3,(H,20,22);2-6H,10H2,1H3;1-3H,(H3,9,10,11)/t16-,17+;14-,15+;7-;6-;/m1101./s1. The van der Waals surface area contributed by atoms with Crippen molar-refractivity contribution in [2.75, 3.05) is 22.1 Å². The van der Waals surface area contributed by atoms with Gasteiger partial charge in [0.05, 0.1) is 70.9 Å².